The van der Waals surface area contributed by atoms with Crippen molar-refractivity contribution in [1.29, 1.82) is 0 Å². The maximum atomic E-state index is 5.76. The number of hydrogen-bond donors (Lipinski definition) is 0. The van der Waals surface area contributed by atoms with Gasteiger partial charge < -0.3 is 8.85 Å². The first-order valence-corrected chi connectivity index (χ1v) is 9.43. The zero-order chi connectivity index (χ0) is 13.1. The van der Waals surface area contributed by atoms with Crippen LogP contribution in [0.4, 0.5) is 0 Å². The number of unbranched alkanes of at least 4 members (excludes halogenated alkanes) is 4. The van der Waals surface area contributed by atoms with Gasteiger partial charge in [0.15, 0.2) is 0 Å². The Kier molecular flexibility index (Phi) is 10.2. The van der Waals surface area contributed by atoms with Crippen molar-refractivity contribution < 1.29 is 8.85 Å². The van der Waals surface area contributed by atoms with Crippen LogP contribution in [0.25, 0.3) is 0 Å². The fourth-order valence-electron chi connectivity index (χ4n) is 2.12. The lowest BCUT2D eigenvalue weighted by atomic mass is 10.2. The monoisotopic (exact) mass is 260 g/mol. The Hall–Kier alpha value is 0.137. The summed E-state index contributed by atoms with van der Waals surface area (Å²) in [5.41, 5.74) is 0. The lowest BCUT2D eigenvalue weighted by Crippen LogP contribution is -2.40. The molecule has 0 saturated carbocycles. The lowest BCUT2D eigenvalue weighted by molar-refractivity contribution is 0.236. The van der Waals surface area contributed by atoms with E-state index in [0.29, 0.717) is 0 Å². The van der Waals surface area contributed by atoms with Crippen LogP contribution in [0, 0.1) is 5.92 Å². The molecule has 0 aromatic rings. The van der Waals surface area contributed by atoms with Gasteiger partial charge >= 0.3 is 8.56 Å². The molecule has 0 aliphatic rings. The van der Waals surface area contributed by atoms with Crippen LogP contribution in [-0.4, -0.2) is 22.8 Å². The SMILES string of the molecule is CCCCCCC[Si](CCC(C)C)(OC)OC. The highest BCUT2D eigenvalue weighted by Crippen LogP contribution is 2.25. The quantitative estimate of drug-likeness (QED) is 0.395. The van der Waals surface area contributed by atoms with Gasteiger partial charge in [-0.05, 0) is 24.4 Å². The van der Waals surface area contributed by atoms with Crippen LogP contribution >= 0.6 is 0 Å². The van der Waals surface area contributed by atoms with E-state index in [1.165, 1.54) is 38.5 Å². The van der Waals surface area contributed by atoms with Crippen molar-refractivity contribution in [1.82, 2.24) is 0 Å². The predicted molar refractivity (Wildman–Crippen MR) is 77.6 cm³/mol. The molecule has 2 nitrogen and oxygen atoms in total. The first-order chi connectivity index (χ1) is 8.10. The fourth-order valence-corrected chi connectivity index (χ4v) is 5.16. The van der Waals surface area contributed by atoms with E-state index in [0.717, 1.165) is 18.0 Å². The van der Waals surface area contributed by atoms with Gasteiger partial charge in [0.1, 0.15) is 0 Å². The Morgan fingerprint density at radius 2 is 1.47 bits per heavy atom. The van der Waals surface area contributed by atoms with Crippen LogP contribution < -0.4 is 0 Å². The molecule has 0 rings (SSSR count). The predicted octanol–water partition coefficient (Wildman–Crippen LogP) is 4.74. The van der Waals surface area contributed by atoms with Gasteiger partial charge in [-0.2, -0.15) is 0 Å². The molecule has 0 bridgehead atoms. The minimum Gasteiger partial charge on any atom is -0.398 e. The maximum Gasteiger partial charge on any atom is 0.337 e. The Balaban J connectivity index is 3.93. The summed E-state index contributed by atoms with van der Waals surface area (Å²) in [6.45, 7) is 6.80. The van der Waals surface area contributed by atoms with Gasteiger partial charge in [-0.25, -0.2) is 0 Å². The summed E-state index contributed by atoms with van der Waals surface area (Å²) < 4.78 is 11.5. The highest BCUT2D eigenvalue weighted by molar-refractivity contribution is 6.67. The van der Waals surface area contributed by atoms with Crippen LogP contribution in [-0.2, 0) is 8.85 Å². The van der Waals surface area contributed by atoms with E-state index in [9.17, 15) is 0 Å². The van der Waals surface area contributed by atoms with Gasteiger partial charge in [0.2, 0.25) is 0 Å². The summed E-state index contributed by atoms with van der Waals surface area (Å²) in [6.07, 6.45) is 7.86. The Morgan fingerprint density at radius 3 is 1.94 bits per heavy atom. The first-order valence-electron chi connectivity index (χ1n) is 7.20. The summed E-state index contributed by atoms with van der Waals surface area (Å²) in [6, 6.07) is 2.31. The van der Waals surface area contributed by atoms with E-state index in [-0.39, 0.29) is 0 Å². The third-order valence-corrected chi connectivity index (χ3v) is 7.16. The van der Waals surface area contributed by atoms with E-state index in [1.54, 1.807) is 0 Å². The average molecular weight is 260 g/mol. The van der Waals surface area contributed by atoms with Gasteiger partial charge in [-0.1, -0.05) is 52.9 Å². The van der Waals surface area contributed by atoms with Crippen molar-refractivity contribution in [2.75, 3.05) is 14.2 Å². The fraction of sp³-hybridized carbons (Fsp3) is 1.00. The highest BCUT2D eigenvalue weighted by atomic mass is 28.4. The molecule has 0 saturated heterocycles. The van der Waals surface area contributed by atoms with E-state index >= 15 is 0 Å². The molecule has 0 aliphatic heterocycles. The second-order valence-electron chi connectivity index (χ2n) is 5.42. The average Bonchev–Trinajstić information content (AvgIpc) is 2.33. The molecule has 0 aliphatic carbocycles. The van der Waals surface area contributed by atoms with E-state index < -0.39 is 8.56 Å². The smallest absolute Gasteiger partial charge is 0.337 e. The van der Waals surface area contributed by atoms with Crippen LogP contribution in [0.1, 0.15) is 59.3 Å². The Morgan fingerprint density at radius 1 is 0.882 bits per heavy atom. The van der Waals surface area contributed by atoms with Crippen LogP contribution in [0.2, 0.25) is 12.1 Å². The zero-order valence-electron chi connectivity index (χ0n) is 12.6. The molecule has 0 radical (unpaired) electrons. The molecule has 17 heavy (non-hydrogen) atoms. The maximum absolute atomic E-state index is 5.76. The summed E-state index contributed by atoms with van der Waals surface area (Å²) >= 11 is 0. The van der Waals surface area contributed by atoms with Gasteiger partial charge in [-0.15, -0.1) is 0 Å². The third-order valence-electron chi connectivity index (χ3n) is 3.51. The Labute approximate surface area is 109 Å². The van der Waals surface area contributed by atoms with Crippen molar-refractivity contribution in [3.05, 3.63) is 0 Å². The number of rotatable bonds is 11. The van der Waals surface area contributed by atoms with E-state index in [4.69, 9.17) is 8.85 Å². The molecule has 0 fully saturated rings. The molecule has 3 heteroatoms. The third kappa shape index (κ3) is 7.95. The topological polar surface area (TPSA) is 18.5 Å². The van der Waals surface area contributed by atoms with Gasteiger partial charge in [-0.3, -0.25) is 0 Å². The molecule has 0 unspecified atom stereocenters. The van der Waals surface area contributed by atoms with Gasteiger partial charge in [0, 0.05) is 14.2 Å². The Bertz CT molecular complexity index is 168. The summed E-state index contributed by atoms with van der Waals surface area (Å²) in [5, 5.41) is 0. The van der Waals surface area contributed by atoms with Crippen molar-refractivity contribution in [2.24, 2.45) is 5.92 Å². The van der Waals surface area contributed by atoms with Crippen LogP contribution in [0.5, 0.6) is 0 Å². The number of hydrogen-bond acceptors (Lipinski definition) is 2. The summed E-state index contributed by atoms with van der Waals surface area (Å²) in [5.74, 6) is 0.743. The molecule has 0 spiro atoms. The standard InChI is InChI=1S/C14H32O2Si/c1-6-7-8-9-10-12-17(15-4,16-5)13-11-14(2)3/h14H,6-13H2,1-5H3. The normalized spacial score (nSPS) is 12.4. The van der Waals surface area contributed by atoms with E-state index in [2.05, 4.69) is 20.8 Å². The van der Waals surface area contributed by atoms with Crippen molar-refractivity contribution >= 4 is 8.56 Å². The van der Waals surface area contributed by atoms with E-state index in [1.807, 2.05) is 14.2 Å². The summed E-state index contributed by atoms with van der Waals surface area (Å²) in [4.78, 5) is 0. The lowest BCUT2D eigenvalue weighted by Gasteiger charge is -2.28. The molecule has 0 heterocycles. The molecule has 104 valence electrons. The second kappa shape index (κ2) is 10.1. The molecule has 0 N–H and O–H groups in total. The molecular formula is C14H32O2Si. The summed E-state index contributed by atoms with van der Waals surface area (Å²) in [7, 11) is 1.80. The molecule has 0 amide bonds. The highest BCUT2D eigenvalue weighted by Gasteiger charge is 2.34. The van der Waals surface area contributed by atoms with Crippen molar-refractivity contribution in [3.63, 3.8) is 0 Å². The molecule has 0 aromatic carbocycles. The van der Waals surface area contributed by atoms with Crippen LogP contribution in [0.3, 0.4) is 0 Å². The van der Waals surface area contributed by atoms with Crippen LogP contribution in [0.15, 0.2) is 0 Å². The first kappa shape index (κ1) is 17.1. The second-order valence-corrected chi connectivity index (χ2v) is 9.05. The van der Waals surface area contributed by atoms with Crippen molar-refractivity contribution in [3.8, 4) is 0 Å². The minimum atomic E-state index is -1.87. The molecule has 0 atom stereocenters. The van der Waals surface area contributed by atoms with Crippen molar-refractivity contribution in [2.45, 2.75) is 71.4 Å². The molecule has 0 aromatic heterocycles. The largest absolute Gasteiger partial charge is 0.398 e. The van der Waals surface area contributed by atoms with Gasteiger partial charge in [0.25, 0.3) is 0 Å². The van der Waals surface area contributed by atoms with Gasteiger partial charge in [0.05, 0.1) is 0 Å². The molecular weight excluding hydrogens is 228 g/mol. The zero-order valence-corrected chi connectivity index (χ0v) is 13.6. The minimum absolute atomic E-state index is 0.743.